The van der Waals surface area contributed by atoms with Crippen molar-refractivity contribution < 1.29 is 19.1 Å². The minimum atomic E-state index is -1.19. The molecule has 9 heteroatoms. The molecule has 1 atom stereocenters. The summed E-state index contributed by atoms with van der Waals surface area (Å²) < 4.78 is 5.11. The Morgan fingerprint density at radius 3 is 2.50 bits per heavy atom. The van der Waals surface area contributed by atoms with E-state index in [1.54, 1.807) is 38.3 Å². The van der Waals surface area contributed by atoms with Crippen molar-refractivity contribution in [1.82, 2.24) is 20.9 Å². The topological polar surface area (TPSA) is 99.8 Å². The molecule has 0 saturated carbocycles. The molecule has 4 amide bonds. The van der Waals surface area contributed by atoms with E-state index in [0.29, 0.717) is 23.8 Å². The first-order valence-corrected chi connectivity index (χ1v) is 8.20. The second-order valence-electron chi connectivity index (χ2n) is 6.50. The van der Waals surface area contributed by atoms with Gasteiger partial charge in [-0.2, -0.15) is 0 Å². The van der Waals surface area contributed by atoms with Crippen molar-refractivity contribution in [3.05, 3.63) is 29.8 Å². The van der Waals surface area contributed by atoms with E-state index in [4.69, 9.17) is 4.74 Å². The normalized spacial score (nSPS) is 22.3. The Morgan fingerprint density at radius 2 is 1.96 bits per heavy atom. The molecule has 3 N–H and O–H groups in total. The number of halogens is 1. The summed E-state index contributed by atoms with van der Waals surface area (Å²) in [7, 11) is 1.55. The van der Waals surface area contributed by atoms with Crippen LogP contribution in [0.4, 0.5) is 4.79 Å². The fraction of sp³-hybridized carbons (Fsp3) is 0.471. The first-order chi connectivity index (χ1) is 11.9. The van der Waals surface area contributed by atoms with Crippen LogP contribution in [0.1, 0.15) is 12.5 Å². The molecule has 0 bridgehead atoms. The Hall–Kier alpha value is -2.32. The Labute approximate surface area is 158 Å². The first kappa shape index (κ1) is 20.0. The largest absolute Gasteiger partial charge is 0.497 e. The van der Waals surface area contributed by atoms with Crippen LogP contribution in [0.25, 0.3) is 0 Å². The first-order valence-electron chi connectivity index (χ1n) is 8.20. The molecule has 1 aromatic rings. The molecule has 142 valence electrons. The third-order valence-electron chi connectivity index (χ3n) is 4.70. The highest BCUT2D eigenvalue weighted by Gasteiger charge is 2.49. The monoisotopic (exact) mass is 382 g/mol. The summed E-state index contributed by atoms with van der Waals surface area (Å²) in [5.74, 6) is 0.292. The molecular formula is C17H23ClN4O4. The zero-order valence-corrected chi connectivity index (χ0v) is 15.5. The van der Waals surface area contributed by atoms with Gasteiger partial charge in [0.05, 0.1) is 7.11 Å². The van der Waals surface area contributed by atoms with E-state index in [-0.39, 0.29) is 24.9 Å². The molecule has 2 heterocycles. The van der Waals surface area contributed by atoms with Crippen molar-refractivity contribution in [3.63, 3.8) is 0 Å². The van der Waals surface area contributed by atoms with Gasteiger partial charge in [0, 0.05) is 25.6 Å². The summed E-state index contributed by atoms with van der Waals surface area (Å²) in [5, 5.41) is 8.57. The summed E-state index contributed by atoms with van der Waals surface area (Å²) in [6.45, 7) is 3.65. The van der Waals surface area contributed by atoms with Crippen LogP contribution in [0.15, 0.2) is 24.3 Å². The predicted octanol–water partition coefficient (Wildman–Crippen LogP) is 0.220. The van der Waals surface area contributed by atoms with Gasteiger partial charge in [-0.1, -0.05) is 12.1 Å². The number of nitrogens with one attached hydrogen (secondary N) is 3. The number of ether oxygens (including phenoxy) is 1. The maximum absolute atomic E-state index is 12.8. The summed E-state index contributed by atoms with van der Waals surface area (Å²) in [5.41, 5.74) is -0.559. The predicted molar refractivity (Wildman–Crippen MR) is 97.2 cm³/mol. The molecule has 0 aromatic heterocycles. The van der Waals surface area contributed by atoms with Crippen LogP contribution in [0, 0.1) is 5.92 Å². The molecule has 8 nitrogen and oxygen atoms in total. The molecular weight excluding hydrogens is 360 g/mol. The van der Waals surface area contributed by atoms with Gasteiger partial charge in [-0.05, 0) is 24.6 Å². The molecule has 2 aliphatic heterocycles. The molecule has 0 spiro atoms. The van der Waals surface area contributed by atoms with Crippen molar-refractivity contribution >= 4 is 30.3 Å². The lowest BCUT2D eigenvalue weighted by Crippen LogP contribution is -2.50. The molecule has 26 heavy (non-hydrogen) atoms. The number of imide groups is 1. The third-order valence-corrected chi connectivity index (χ3v) is 4.70. The van der Waals surface area contributed by atoms with E-state index in [9.17, 15) is 14.4 Å². The van der Waals surface area contributed by atoms with Crippen molar-refractivity contribution in [3.8, 4) is 5.75 Å². The van der Waals surface area contributed by atoms with Gasteiger partial charge in [0.25, 0.3) is 5.91 Å². The Balaban J connectivity index is 0.00000243. The van der Waals surface area contributed by atoms with E-state index in [2.05, 4.69) is 16.0 Å². The molecule has 3 rings (SSSR count). The molecule has 2 saturated heterocycles. The molecule has 0 aliphatic carbocycles. The van der Waals surface area contributed by atoms with Gasteiger partial charge >= 0.3 is 6.03 Å². The number of nitrogens with zero attached hydrogens (tertiary/aromatic N) is 1. The highest BCUT2D eigenvalue weighted by molar-refractivity contribution is 6.09. The van der Waals surface area contributed by atoms with Gasteiger partial charge in [0.1, 0.15) is 17.8 Å². The molecule has 2 aliphatic rings. The zero-order chi connectivity index (χ0) is 18.0. The van der Waals surface area contributed by atoms with Crippen LogP contribution in [-0.2, 0) is 15.1 Å². The second kappa shape index (κ2) is 7.92. The van der Waals surface area contributed by atoms with Crippen molar-refractivity contribution in [1.29, 1.82) is 0 Å². The van der Waals surface area contributed by atoms with Gasteiger partial charge in [0.15, 0.2) is 0 Å². The average Bonchev–Trinajstić information content (AvgIpc) is 2.78. The fourth-order valence-corrected chi connectivity index (χ4v) is 2.91. The highest BCUT2D eigenvalue weighted by atomic mass is 35.5. The minimum absolute atomic E-state index is 0. The number of rotatable bonds is 6. The zero-order valence-electron chi connectivity index (χ0n) is 14.7. The summed E-state index contributed by atoms with van der Waals surface area (Å²) in [6.07, 6.45) is 0. The highest BCUT2D eigenvalue weighted by Crippen LogP contribution is 2.29. The van der Waals surface area contributed by atoms with Gasteiger partial charge in [-0.25, -0.2) is 4.79 Å². The SMILES string of the molecule is COc1ccc(C2(C)NC(=O)N(CC(=O)NCC3CNC3)C2=O)cc1.Cl. The number of hydrogen-bond donors (Lipinski definition) is 3. The quantitative estimate of drug-likeness (QED) is 0.611. The average molecular weight is 383 g/mol. The number of methoxy groups -OCH3 is 1. The summed E-state index contributed by atoms with van der Waals surface area (Å²) in [4.78, 5) is 38.0. The van der Waals surface area contributed by atoms with Crippen LogP contribution >= 0.6 is 12.4 Å². The smallest absolute Gasteiger partial charge is 0.325 e. The van der Waals surface area contributed by atoms with Crippen LogP contribution in [-0.4, -0.2) is 56.0 Å². The second-order valence-corrected chi connectivity index (χ2v) is 6.50. The lowest BCUT2D eigenvalue weighted by Gasteiger charge is -2.27. The maximum atomic E-state index is 12.8. The van der Waals surface area contributed by atoms with E-state index in [0.717, 1.165) is 18.0 Å². The lowest BCUT2D eigenvalue weighted by molar-refractivity contribution is -0.134. The van der Waals surface area contributed by atoms with Gasteiger partial charge in [-0.3, -0.25) is 14.5 Å². The minimum Gasteiger partial charge on any atom is -0.497 e. The molecule has 2 fully saturated rings. The Bertz CT molecular complexity index is 693. The summed E-state index contributed by atoms with van der Waals surface area (Å²) in [6, 6.07) is 6.34. The standard InChI is InChI=1S/C17H22N4O4.ClH/c1-17(12-3-5-13(25-2)6-4-12)15(23)21(16(24)20-17)10-14(22)19-9-11-7-18-8-11;/h3-6,11,18H,7-10H2,1-2H3,(H,19,22)(H,20,24);1H. The number of benzene rings is 1. The van der Waals surface area contributed by atoms with Crippen molar-refractivity contribution in [2.45, 2.75) is 12.5 Å². The summed E-state index contributed by atoms with van der Waals surface area (Å²) >= 11 is 0. The molecule has 1 unspecified atom stereocenters. The maximum Gasteiger partial charge on any atom is 0.325 e. The van der Waals surface area contributed by atoms with E-state index >= 15 is 0 Å². The van der Waals surface area contributed by atoms with Crippen LogP contribution in [0.5, 0.6) is 5.75 Å². The fourth-order valence-electron chi connectivity index (χ4n) is 2.91. The number of hydrogen-bond acceptors (Lipinski definition) is 5. The van der Waals surface area contributed by atoms with E-state index in [1.807, 2.05) is 0 Å². The van der Waals surface area contributed by atoms with Gasteiger partial charge in [-0.15, -0.1) is 12.4 Å². The van der Waals surface area contributed by atoms with Crippen LogP contribution in [0.2, 0.25) is 0 Å². The van der Waals surface area contributed by atoms with Gasteiger partial charge < -0.3 is 20.7 Å². The lowest BCUT2D eigenvalue weighted by atomic mass is 9.92. The van der Waals surface area contributed by atoms with Crippen molar-refractivity contribution in [2.75, 3.05) is 33.3 Å². The number of carbonyl (C=O) groups is 3. The van der Waals surface area contributed by atoms with E-state index in [1.165, 1.54) is 0 Å². The van der Waals surface area contributed by atoms with Crippen LogP contribution in [0.3, 0.4) is 0 Å². The number of carbonyl (C=O) groups excluding carboxylic acids is 3. The third kappa shape index (κ3) is 3.76. The Kier molecular flexibility index (Phi) is 6.09. The molecule has 0 radical (unpaired) electrons. The van der Waals surface area contributed by atoms with Crippen molar-refractivity contribution in [2.24, 2.45) is 5.92 Å². The number of amides is 4. The Morgan fingerprint density at radius 1 is 1.31 bits per heavy atom. The molecule has 1 aromatic carbocycles. The van der Waals surface area contributed by atoms with Gasteiger partial charge in [0.2, 0.25) is 5.91 Å². The van der Waals surface area contributed by atoms with Crippen LogP contribution < -0.4 is 20.7 Å². The van der Waals surface area contributed by atoms with E-state index < -0.39 is 17.5 Å². The number of urea groups is 1.